The van der Waals surface area contributed by atoms with Gasteiger partial charge in [0.25, 0.3) is 11.8 Å². The lowest BCUT2D eigenvalue weighted by molar-refractivity contribution is -0.143. The van der Waals surface area contributed by atoms with E-state index in [1.165, 1.54) is 99.8 Å². The molecule has 11 aromatic rings. The topological polar surface area (TPSA) is 199 Å². The number of methoxy groups -OCH3 is 1. The smallest absolute Gasteiger partial charge is 0.435 e. The zero-order valence-electron chi connectivity index (χ0n) is 86.2. The van der Waals surface area contributed by atoms with Crippen LogP contribution in [0.25, 0.3) is 38.9 Å². The van der Waals surface area contributed by atoms with Gasteiger partial charge in [0.05, 0.1) is 30.2 Å². The van der Waals surface area contributed by atoms with Gasteiger partial charge in [-0.2, -0.15) is 82.7 Å². The van der Waals surface area contributed by atoms with E-state index in [1.54, 1.807) is 43.8 Å². The number of H-pyrrole nitrogens is 2. The van der Waals surface area contributed by atoms with E-state index in [-0.39, 0.29) is 52.8 Å². The second-order valence-corrected chi connectivity index (χ2v) is 42.3. The molecule has 0 bridgehead atoms. The molecule has 7 aromatic heterocycles. The van der Waals surface area contributed by atoms with Crippen LogP contribution in [0.15, 0.2) is 132 Å². The van der Waals surface area contributed by atoms with E-state index in [1.807, 2.05) is 70.4 Å². The predicted octanol–water partition coefficient (Wildman–Crippen LogP) is 30.0. The SMILES string of the molecule is CC(C)C1=CCc2ccc(=O)[nH]c21.CC(C)C1=CCc2ccc(F)cc21.CC(C)C1=CCc2ccc(O)cc21.CC(C)n1nc(C(F)(F)F)c2c1C(F)(F)C1CC21.CC(C)n1nc(C(F)(F)F)c2c1C1CC1CC2.CC(C)n1nc(C(F)(F)F)c2c1CCCC2.COc1ccc2c(n1)C(C(C)C)=CC2.Cc1cc2ncn(C(C)C)c2cc1C.Cc1ccc2c(c1)C(C(C)C)=CC2.N#Cc1n[nH]c2c1C1CC1C2(F)F. The molecule has 0 aliphatic heterocycles. The number of halogens is 14. The summed E-state index contributed by atoms with van der Waals surface area (Å²) in [5, 5.41) is 34.8. The van der Waals surface area contributed by atoms with Gasteiger partial charge < -0.3 is 19.4 Å². The van der Waals surface area contributed by atoms with Gasteiger partial charge in [-0.15, -0.1) is 0 Å². The quantitative estimate of drug-likeness (QED) is 0.111. The Kier molecular flexibility index (Phi) is 31.9. The number of aromatic hydroxyl groups is 1. The van der Waals surface area contributed by atoms with Gasteiger partial charge in [0.1, 0.15) is 29.0 Å². The van der Waals surface area contributed by atoms with Crippen molar-refractivity contribution in [2.75, 3.05) is 7.11 Å². The van der Waals surface area contributed by atoms with Gasteiger partial charge in [0.2, 0.25) is 11.4 Å². The van der Waals surface area contributed by atoms with Crippen LogP contribution in [0.2, 0.25) is 0 Å². The molecule has 16 nitrogen and oxygen atoms in total. The Bertz CT molecular complexity index is 6660. The number of allylic oxidation sites excluding steroid dienone is 10. The molecule has 0 spiro atoms. The maximum absolute atomic E-state index is 14.0. The van der Waals surface area contributed by atoms with Gasteiger partial charge in [0.15, 0.2) is 22.8 Å². The van der Waals surface area contributed by atoms with Gasteiger partial charge in [-0.05, 0) is 333 Å². The number of ether oxygens (including phenoxy) is 1. The normalized spacial score (nSPS) is 19.2. The summed E-state index contributed by atoms with van der Waals surface area (Å²) in [5.41, 5.74) is 25.5. The summed E-state index contributed by atoms with van der Waals surface area (Å²) in [6.45, 7) is 43.3. The van der Waals surface area contributed by atoms with Crippen LogP contribution in [0.1, 0.15) is 345 Å². The summed E-state index contributed by atoms with van der Waals surface area (Å²) >= 11 is 0. The van der Waals surface area contributed by atoms with Gasteiger partial charge in [-0.25, -0.2) is 14.4 Å². The van der Waals surface area contributed by atoms with Crippen molar-refractivity contribution in [3.63, 3.8) is 0 Å². The van der Waals surface area contributed by atoms with E-state index in [0.717, 1.165) is 103 Å². The Hall–Kier alpha value is -11.9. The van der Waals surface area contributed by atoms with E-state index < -0.39 is 76.9 Å². The molecule has 3 N–H and O–H groups in total. The first-order chi connectivity index (χ1) is 67.7. The van der Waals surface area contributed by atoms with E-state index in [9.17, 15) is 71.4 Å². The molecule has 12 aliphatic rings. The fourth-order valence-electron chi connectivity index (χ4n) is 21.3. The summed E-state index contributed by atoms with van der Waals surface area (Å²) < 4.78 is 195. The number of nitriles is 1. The summed E-state index contributed by atoms with van der Waals surface area (Å²) in [6, 6.07) is 31.2. The van der Waals surface area contributed by atoms with Gasteiger partial charge in [-0.3, -0.25) is 23.9 Å². The lowest BCUT2D eigenvalue weighted by atomic mass is 9.95. The molecule has 0 saturated heterocycles. The van der Waals surface area contributed by atoms with Crippen molar-refractivity contribution in [1.29, 1.82) is 5.26 Å². The molecule has 3 saturated carbocycles. The van der Waals surface area contributed by atoms with E-state index >= 15 is 0 Å². The highest BCUT2D eigenvalue weighted by Crippen LogP contribution is 2.70. The number of fused-ring (bicyclic) bond motifs is 16. The second-order valence-electron chi connectivity index (χ2n) is 42.3. The Morgan fingerprint density at radius 1 is 0.507 bits per heavy atom. The number of nitrogens with zero attached hydrogens (tertiary/aromatic N) is 11. The first-order valence-corrected chi connectivity index (χ1v) is 50.4. The third-order valence-corrected chi connectivity index (χ3v) is 29.0. The minimum absolute atomic E-state index is 0.000741. The van der Waals surface area contributed by atoms with Crippen LogP contribution in [0.5, 0.6) is 11.6 Å². The monoisotopic (exact) mass is 2000 g/mol. The number of nitrogens with one attached hydrogen (secondary N) is 2. The van der Waals surface area contributed by atoms with Crippen LogP contribution in [0, 0.1) is 85.3 Å². The highest BCUT2D eigenvalue weighted by molar-refractivity contribution is 5.79. The number of imidazole rings is 1. The highest BCUT2D eigenvalue weighted by atomic mass is 19.4. The van der Waals surface area contributed by atoms with Crippen LogP contribution in [0.3, 0.4) is 0 Å². The Morgan fingerprint density at radius 3 is 1.57 bits per heavy atom. The van der Waals surface area contributed by atoms with Crippen molar-refractivity contribution in [2.24, 2.45) is 47.3 Å². The average molecular weight is 2000 g/mol. The number of phenolic OH excluding ortho intramolecular Hbond substituents is 1. The van der Waals surface area contributed by atoms with Gasteiger partial charge in [-0.1, -0.05) is 148 Å². The number of aryl methyl sites for hydroxylation is 3. The van der Waals surface area contributed by atoms with E-state index in [2.05, 4.69) is 216 Å². The molecule has 6 atom stereocenters. The number of pyridine rings is 2. The molecule has 4 aromatic carbocycles. The number of alkyl halides is 13. The standard InChI is InChI=1S/C13H16.C12H15F3N2.C12H13F.C12H16N2.C12H15NO.C12H14O.C11H11F5N2.C11H15F3N2.C11H13NO.C8H5F2N3/c1-9(2)12-7-6-11-5-4-10(3)8-13(11)12;1-6(2)17-10-8(4-3-7-5-9(7)10)11(16-17)12(13,14)15;1-8(2)11-6-4-9-3-5-10(13)7-12(9)11;1-8(2)14-7-13-11-5-9(3)10(4)6-12(11)14;1-8(2)10-6-4-9-5-7-11(14-3)13-12(9)10;1-8(2)11-6-4-9-3-5-10(13)7-12(9)11;1-4(2)18-9-7(8(17-18)11(14,15)16)5-3-6(5)10(9,12)13;1-7(2)16-9-6-4-3-5-8(9)10(15-16)11(12,13)14;1-7(2)9-5-3-8-4-6-10(13)12-11(8)9;9-8(10)4-1-3(4)6-5(2-11)12-13-7(6)8/h4-5,7-9H,6H2,1-3H3;6-7,9H,3-5H2,1-2H3;3,5-8H,4H2,1-2H3;5-8H,1-4H3;5-8H,4H2,1-3H3;3,5-8,13H,4H2,1-2H3;4-6H,3H2,1-2H3;7H,3-6H2,1-2H3;4-7H,3H2,1-2H3,(H,12,13);3-4H,1H2,(H,12,13). The molecular formula is C114H133F14N13O3. The second kappa shape index (κ2) is 42.6. The summed E-state index contributed by atoms with van der Waals surface area (Å²) in [5.74, 6) is -3.70. The number of hydrogen-bond acceptors (Lipinski definition) is 10. The Labute approximate surface area is 834 Å². The minimum Gasteiger partial charge on any atom is -0.508 e. The fraction of sp³-hybridized carbons (Fsp3) is 0.491. The zero-order valence-corrected chi connectivity index (χ0v) is 86.2. The summed E-state index contributed by atoms with van der Waals surface area (Å²) in [4.78, 5) is 22.9. The predicted molar refractivity (Wildman–Crippen MR) is 537 cm³/mol. The van der Waals surface area contributed by atoms with Crippen molar-refractivity contribution >= 4 is 38.9 Å². The van der Waals surface area contributed by atoms with Crippen molar-refractivity contribution in [3.8, 4) is 17.7 Å². The van der Waals surface area contributed by atoms with Crippen molar-refractivity contribution < 1.29 is 71.3 Å². The van der Waals surface area contributed by atoms with Crippen LogP contribution < -0.4 is 10.3 Å². The molecule has 0 radical (unpaired) electrons. The van der Waals surface area contributed by atoms with Gasteiger partial charge in [0, 0.05) is 93.4 Å². The Balaban J connectivity index is 0.000000127. The molecule has 770 valence electrons. The molecule has 3 fully saturated rings. The molecular weight excluding hydrogens is 1870 g/mol. The molecule has 6 unspecified atom stereocenters. The molecule has 12 aliphatic carbocycles. The van der Waals surface area contributed by atoms with E-state index in [4.69, 9.17) is 10.00 Å². The average Bonchev–Trinajstić information content (AvgIpc) is 1.49. The maximum atomic E-state index is 14.0. The number of benzene rings is 4. The van der Waals surface area contributed by atoms with Crippen molar-refractivity contribution in [3.05, 3.63) is 284 Å². The number of hydrogen-bond donors (Lipinski definition) is 3. The largest absolute Gasteiger partial charge is 0.508 e. The van der Waals surface area contributed by atoms with Crippen LogP contribution >= 0.6 is 0 Å². The number of phenols is 1. The molecule has 30 heteroatoms. The lowest BCUT2D eigenvalue weighted by Crippen LogP contribution is -2.21. The maximum Gasteiger partial charge on any atom is 0.435 e. The number of aromatic nitrogens is 12. The number of rotatable bonds is 10. The van der Waals surface area contributed by atoms with Crippen LogP contribution in [0.4, 0.5) is 61.5 Å². The molecule has 23 rings (SSSR count). The highest BCUT2D eigenvalue weighted by Gasteiger charge is 2.69. The fourth-order valence-corrected chi connectivity index (χ4v) is 21.3. The zero-order chi connectivity index (χ0) is 105. The lowest BCUT2D eigenvalue weighted by Gasteiger charge is -2.17. The molecule has 7 heterocycles. The minimum atomic E-state index is -4.67. The van der Waals surface area contributed by atoms with Gasteiger partial charge >= 0.3 is 18.5 Å². The molecule has 144 heavy (non-hydrogen) atoms. The summed E-state index contributed by atoms with van der Waals surface area (Å²) in [6.07, 6.45) is 11.1. The Morgan fingerprint density at radius 2 is 1.00 bits per heavy atom. The third kappa shape index (κ3) is 22.8. The first-order valence-electron chi connectivity index (χ1n) is 50.4. The first kappa shape index (κ1) is 108. The van der Waals surface area contributed by atoms with E-state index in [0.29, 0.717) is 95.0 Å². The third-order valence-electron chi connectivity index (χ3n) is 29.0. The number of aromatic amines is 2. The van der Waals surface area contributed by atoms with Crippen molar-refractivity contribution in [1.82, 2.24) is 59.1 Å². The van der Waals surface area contributed by atoms with Crippen LogP contribution in [-0.4, -0.2) is 71.3 Å². The molecule has 0 amide bonds. The summed E-state index contributed by atoms with van der Waals surface area (Å²) in [7, 11) is 1.66. The van der Waals surface area contributed by atoms with Crippen molar-refractivity contribution in [2.45, 2.75) is 308 Å². The van der Waals surface area contributed by atoms with Crippen LogP contribution in [-0.2, 0) is 81.7 Å².